The number of rotatable bonds is 8. The summed E-state index contributed by atoms with van der Waals surface area (Å²) in [5.41, 5.74) is 6.07. The molecule has 3 fully saturated rings. The van der Waals surface area contributed by atoms with Gasteiger partial charge in [0.1, 0.15) is 12.4 Å². The summed E-state index contributed by atoms with van der Waals surface area (Å²) in [6.45, 7) is 0.225. The standard InChI is InChI=1S/C26H29F4N3O2/c27-12-19(13-31)17-35-22-3-1-20(2-4-22)24-5-8-25(9-6-24,10-7-24)23(34)33-15-18-11-21(16-32-14-18)26(28,29)30/h1-4,11-12,14,16H,5-10,13,15,17,31H2,(H,33,34). The fourth-order valence-corrected chi connectivity index (χ4v) is 5.28. The molecule has 1 aromatic heterocycles. The Balaban J connectivity index is 1.35. The van der Waals surface area contributed by atoms with Gasteiger partial charge in [-0.05, 0) is 73.3 Å². The third kappa shape index (κ3) is 5.34. The Morgan fingerprint density at radius 1 is 1.09 bits per heavy atom. The third-order valence-electron chi connectivity index (χ3n) is 7.61. The van der Waals surface area contributed by atoms with Crippen molar-refractivity contribution < 1.29 is 27.1 Å². The maximum atomic E-state index is 13.1. The highest BCUT2D eigenvalue weighted by Gasteiger charge is 2.52. The Morgan fingerprint density at radius 3 is 2.31 bits per heavy atom. The molecule has 3 saturated carbocycles. The molecule has 0 spiro atoms. The normalized spacial score (nSPS) is 24.3. The van der Waals surface area contributed by atoms with Crippen molar-refractivity contribution in [2.75, 3.05) is 13.2 Å². The van der Waals surface area contributed by atoms with Gasteiger partial charge in [-0.25, -0.2) is 4.39 Å². The van der Waals surface area contributed by atoms with E-state index in [2.05, 4.69) is 10.3 Å². The molecule has 5 nitrogen and oxygen atoms in total. The minimum atomic E-state index is -4.47. The molecule has 3 aliphatic carbocycles. The number of ether oxygens (including phenoxy) is 1. The number of nitrogens with zero attached hydrogens (tertiary/aromatic N) is 1. The second-order valence-electron chi connectivity index (χ2n) is 9.61. The molecule has 2 bridgehead atoms. The van der Waals surface area contributed by atoms with Gasteiger partial charge in [-0.3, -0.25) is 9.78 Å². The van der Waals surface area contributed by atoms with Crippen molar-refractivity contribution in [1.82, 2.24) is 10.3 Å². The molecule has 0 unspecified atom stereocenters. The van der Waals surface area contributed by atoms with Gasteiger partial charge in [-0.1, -0.05) is 12.1 Å². The summed E-state index contributed by atoms with van der Waals surface area (Å²) in [7, 11) is 0. The number of aromatic nitrogens is 1. The molecule has 0 atom stereocenters. The molecule has 3 aliphatic rings. The predicted molar refractivity (Wildman–Crippen MR) is 123 cm³/mol. The number of fused-ring (bicyclic) bond motifs is 3. The minimum Gasteiger partial charge on any atom is -0.489 e. The van der Waals surface area contributed by atoms with Gasteiger partial charge in [0.05, 0.1) is 11.9 Å². The van der Waals surface area contributed by atoms with Crippen molar-refractivity contribution in [3.05, 3.63) is 71.3 Å². The van der Waals surface area contributed by atoms with E-state index in [1.807, 2.05) is 24.3 Å². The van der Waals surface area contributed by atoms with Crippen molar-refractivity contribution >= 4 is 5.91 Å². The quantitative estimate of drug-likeness (QED) is 0.498. The van der Waals surface area contributed by atoms with Crippen molar-refractivity contribution in [3.63, 3.8) is 0 Å². The number of benzene rings is 1. The molecule has 5 rings (SSSR count). The number of halogens is 4. The van der Waals surface area contributed by atoms with Crippen LogP contribution in [-0.2, 0) is 22.9 Å². The number of pyridine rings is 1. The van der Waals surface area contributed by atoms with Crippen LogP contribution in [-0.4, -0.2) is 24.0 Å². The monoisotopic (exact) mass is 491 g/mol. The molecule has 35 heavy (non-hydrogen) atoms. The molecule has 2 aromatic rings. The number of carbonyl (C=O) groups excluding carboxylic acids is 1. The number of hydrogen-bond donors (Lipinski definition) is 2. The van der Waals surface area contributed by atoms with Gasteiger partial charge in [0.25, 0.3) is 0 Å². The Labute approximate surface area is 201 Å². The van der Waals surface area contributed by atoms with Crippen LogP contribution in [0.25, 0.3) is 0 Å². The maximum absolute atomic E-state index is 13.1. The van der Waals surface area contributed by atoms with Crippen molar-refractivity contribution in [2.24, 2.45) is 11.1 Å². The Morgan fingerprint density at radius 2 is 1.74 bits per heavy atom. The first-order chi connectivity index (χ1) is 16.7. The van der Waals surface area contributed by atoms with Crippen LogP contribution >= 0.6 is 0 Å². The molecule has 3 N–H and O–H groups in total. The van der Waals surface area contributed by atoms with E-state index in [-0.39, 0.29) is 31.0 Å². The fraction of sp³-hybridized carbons (Fsp3) is 0.462. The summed E-state index contributed by atoms with van der Waals surface area (Å²) in [4.78, 5) is 16.7. The number of hydrogen-bond acceptors (Lipinski definition) is 4. The second-order valence-corrected chi connectivity index (χ2v) is 9.61. The first-order valence-electron chi connectivity index (χ1n) is 11.7. The smallest absolute Gasteiger partial charge is 0.417 e. The predicted octanol–water partition coefficient (Wildman–Crippen LogP) is 5.20. The topological polar surface area (TPSA) is 77.2 Å². The summed E-state index contributed by atoms with van der Waals surface area (Å²) in [6.07, 6.45) is 2.94. The van der Waals surface area contributed by atoms with E-state index < -0.39 is 17.2 Å². The lowest BCUT2D eigenvalue weighted by molar-refractivity contribution is -0.138. The van der Waals surface area contributed by atoms with Crippen LogP contribution in [0.3, 0.4) is 0 Å². The van der Waals surface area contributed by atoms with Gasteiger partial charge in [0, 0.05) is 36.5 Å². The average Bonchev–Trinajstić information content (AvgIpc) is 2.89. The summed E-state index contributed by atoms with van der Waals surface area (Å²) in [5.74, 6) is 0.547. The van der Waals surface area contributed by atoms with Crippen molar-refractivity contribution in [3.8, 4) is 5.75 Å². The zero-order valence-corrected chi connectivity index (χ0v) is 19.3. The molecular formula is C26H29F4N3O2. The van der Waals surface area contributed by atoms with Gasteiger partial charge >= 0.3 is 6.18 Å². The molecule has 9 heteroatoms. The van der Waals surface area contributed by atoms with Crippen LogP contribution in [0.4, 0.5) is 17.6 Å². The molecular weight excluding hydrogens is 462 g/mol. The Hall–Kier alpha value is -2.94. The van der Waals surface area contributed by atoms with Gasteiger partial charge in [-0.2, -0.15) is 13.2 Å². The first-order valence-corrected chi connectivity index (χ1v) is 11.7. The summed E-state index contributed by atoms with van der Waals surface area (Å²) in [5, 5.41) is 2.85. The van der Waals surface area contributed by atoms with Crippen LogP contribution in [0.5, 0.6) is 5.75 Å². The van der Waals surface area contributed by atoms with Crippen LogP contribution < -0.4 is 15.8 Å². The van der Waals surface area contributed by atoms with E-state index in [9.17, 15) is 22.4 Å². The van der Waals surface area contributed by atoms with Gasteiger partial charge in [0.15, 0.2) is 0 Å². The number of amides is 1. The van der Waals surface area contributed by atoms with E-state index >= 15 is 0 Å². The van der Waals surface area contributed by atoms with Crippen molar-refractivity contribution in [1.29, 1.82) is 0 Å². The largest absolute Gasteiger partial charge is 0.489 e. The van der Waals surface area contributed by atoms with E-state index in [1.165, 1.54) is 11.8 Å². The van der Waals surface area contributed by atoms with Crippen LogP contribution in [0, 0.1) is 5.41 Å². The Kier molecular flexibility index (Phi) is 7.17. The van der Waals surface area contributed by atoms with E-state index in [4.69, 9.17) is 10.5 Å². The lowest BCUT2D eigenvalue weighted by Crippen LogP contribution is -2.51. The van der Waals surface area contributed by atoms with Gasteiger partial charge in [-0.15, -0.1) is 0 Å². The first kappa shape index (κ1) is 25.2. The fourth-order valence-electron chi connectivity index (χ4n) is 5.28. The summed E-state index contributed by atoms with van der Waals surface area (Å²) in [6, 6.07) is 8.85. The molecule has 1 aromatic carbocycles. The minimum absolute atomic E-state index is 0.00673. The summed E-state index contributed by atoms with van der Waals surface area (Å²) < 4.78 is 57.0. The second kappa shape index (κ2) is 9.97. The lowest BCUT2D eigenvalue weighted by atomic mass is 9.51. The van der Waals surface area contributed by atoms with Crippen LogP contribution in [0.1, 0.15) is 55.2 Å². The Bertz CT molecular complexity index is 1060. The summed E-state index contributed by atoms with van der Waals surface area (Å²) >= 11 is 0. The van der Waals surface area contributed by atoms with Gasteiger partial charge in [0.2, 0.25) is 5.91 Å². The molecule has 1 amide bonds. The molecule has 0 aliphatic heterocycles. The highest BCUT2D eigenvalue weighted by Crippen LogP contribution is 2.58. The maximum Gasteiger partial charge on any atom is 0.417 e. The SMILES string of the molecule is NCC(=CF)COc1ccc(C23CCC(C(=O)NCc4cncc(C(F)(F)F)c4)(CC2)CC3)cc1. The number of nitrogens with two attached hydrogens (primary N) is 1. The molecule has 188 valence electrons. The highest BCUT2D eigenvalue weighted by molar-refractivity contribution is 5.83. The molecule has 0 radical (unpaired) electrons. The van der Waals surface area contributed by atoms with Gasteiger partial charge < -0.3 is 15.8 Å². The third-order valence-corrected chi connectivity index (χ3v) is 7.61. The zero-order chi connectivity index (χ0) is 25.1. The average molecular weight is 492 g/mol. The van der Waals surface area contributed by atoms with Crippen LogP contribution in [0.15, 0.2) is 54.6 Å². The van der Waals surface area contributed by atoms with E-state index in [1.54, 1.807) is 0 Å². The zero-order valence-electron chi connectivity index (χ0n) is 19.3. The lowest BCUT2D eigenvalue weighted by Gasteiger charge is -2.52. The number of nitrogens with one attached hydrogen (secondary N) is 1. The molecule has 1 heterocycles. The highest BCUT2D eigenvalue weighted by atomic mass is 19.4. The van der Waals surface area contributed by atoms with E-state index in [0.717, 1.165) is 50.8 Å². The number of alkyl halides is 3. The van der Waals surface area contributed by atoms with Crippen molar-refractivity contribution in [2.45, 2.75) is 56.7 Å². The van der Waals surface area contributed by atoms with E-state index in [0.29, 0.717) is 23.2 Å². The number of carbonyl (C=O) groups is 1. The van der Waals surface area contributed by atoms with Crippen LogP contribution in [0.2, 0.25) is 0 Å². The molecule has 0 saturated heterocycles.